The van der Waals surface area contributed by atoms with E-state index in [0.29, 0.717) is 0 Å². The maximum atomic E-state index is 8.57. The summed E-state index contributed by atoms with van der Waals surface area (Å²) in [5.41, 5.74) is 0. The SMILES string of the molecule is O.[LiH].[O]=[Pb]=[O].[TeH2]. The third-order valence-corrected chi connectivity index (χ3v) is 0. The van der Waals surface area contributed by atoms with Crippen molar-refractivity contribution in [1.82, 2.24) is 0 Å². The minimum absolute atomic E-state index is 0. The quantitative estimate of drug-likeness (QED) is 0.411. The second-order valence-corrected chi connectivity index (χ2v) is 0.731. The van der Waals surface area contributed by atoms with Gasteiger partial charge in [0.15, 0.2) is 0 Å². The van der Waals surface area contributed by atoms with Gasteiger partial charge in [-0.2, -0.15) is 0 Å². The summed E-state index contributed by atoms with van der Waals surface area (Å²) in [6.07, 6.45) is 0. The summed E-state index contributed by atoms with van der Waals surface area (Å²) in [5, 5.41) is 0. The van der Waals surface area contributed by atoms with E-state index in [1.807, 2.05) is 0 Å². The molecular weight excluding hydrogens is 390 g/mol. The molecule has 0 unspecified atom stereocenters. The molecule has 0 bridgehead atoms. The number of rotatable bonds is 0. The van der Waals surface area contributed by atoms with Crippen molar-refractivity contribution >= 4 is 66.8 Å². The van der Waals surface area contributed by atoms with E-state index in [-0.39, 0.29) is 48.0 Å². The molecule has 6 heteroatoms. The molecule has 0 amide bonds. The first kappa shape index (κ1) is 24.8. The summed E-state index contributed by atoms with van der Waals surface area (Å²) in [6, 6.07) is 0. The van der Waals surface area contributed by atoms with Crippen molar-refractivity contribution in [2.24, 2.45) is 0 Å². The van der Waals surface area contributed by atoms with Crippen molar-refractivity contribution in [3.05, 3.63) is 0 Å². The first-order valence-electron chi connectivity index (χ1n) is 0.408. The molecule has 0 aliphatic rings. The average Bonchev–Trinajstić information content (AvgIpc) is 0.918. The molecule has 0 fully saturated rings. The Labute approximate surface area is 76.6 Å². The fourth-order valence-corrected chi connectivity index (χ4v) is 0. The number of hydrogen-bond donors (Lipinski definition) is 0. The van der Waals surface area contributed by atoms with Crippen LogP contribution < -0.4 is 0 Å². The van der Waals surface area contributed by atoms with Gasteiger partial charge in [0, 0.05) is 0 Å². The van der Waals surface area contributed by atoms with Gasteiger partial charge >= 0.3 is 72.2 Å². The molecule has 0 aliphatic heterocycles. The Kier molecular flexibility index (Phi) is 119. The Balaban J connectivity index is -0.00000000667. The van der Waals surface area contributed by atoms with E-state index >= 15 is 0 Å². The fraction of sp³-hybridized carbons (Fsp3) is 0. The Morgan fingerprint density at radius 2 is 1.17 bits per heavy atom. The second kappa shape index (κ2) is 28.7. The zero-order valence-corrected chi connectivity index (χ0v) is 9.06. The van der Waals surface area contributed by atoms with Gasteiger partial charge in [0.25, 0.3) is 0 Å². The van der Waals surface area contributed by atoms with Gasteiger partial charge in [-0.3, -0.25) is 0 Å². The minimum atomic E-state index is -2.42. The number of hydrogen-bond acceptors (Lipinski definition) is 2. The molecule has 0 radical (unpaired) electrons. The molecule has 0 aromatic rings. The van der Waals surface area contributed by atoms with Crippen LogP contribution in [-0.4, -0.2) is 72.3 Å². The van der Waals surface area contributed by atoms with E-state index in [2.05, 4.69) is 0 Å². The Morgan fingerprint density at radius 1 is 1.17 bits per heavy atom. The van der Waals surface area contributed by atoms with Crippen LogP contribution >= 0.6 is 0 Å². The monoisotopic (exact) mass is 398 g/mol. The third-order valence-electron chi connectivity index (χ3n) is 0. The van der Waals surface area contributed by atoms with Gasteiger partial charge in [-0.15, -0.1) is 0 Å². The van der Waals surface area contributed by atoms with Gasteiger partial charge in [0.05, 0.1) is 0 Å². The van der Waals surface area contributed by atoms with E-state index < -0.39 is 24.3 Å². The molecule has 0 aromatic carbocycles. The van der Waals surface area contributed by atoms with Gasteiger partial charge in [0.2, 0.25) is 0 Å². The van der Waals surface area contributed by atoms with E-state index in [1.165, 1.54) is 0 Å². The van der Waals surface area contributed by atoms with Crippen LogP contribution in [0.25, 0.3) is 0 Å². The van der Waals surface area contributed by atoms with Crippen molar-refractivity contribution in [3.8, 4) is 0 Å². The van der Waals surface area contributed by atoms with Crippen LogP contribution in [0.4, 0.5) is 0 Å². The summed E-state index contributed by atoms with van der Waals surface area (Å²) in [4.78, 5) is 0. The summed E-state index contributed by atoms with van der Waals surface area (Å²) in [6.45, 7) is 0. The van der Waals surface area contributed by atoms with Crippen molar-refractivity contribution in [2.75, 3.05) is 0 Å². The molecule has 0 saturated heterocycles. The topological polar surface area (TPSA) is 65.6 Å². The van der Waals surface area contributed by atoms with Crippen LogP contribution in [0, 0.1) is 0 Å². The van der Waals surface area contributed by atoms with Gasteiger partial charge in [-0.1, -0.05) is 0 Å². The van der Waals surface area contributed by atoms with Gasteiger partial charge in [-0.05, 0) is 0 Å². The molecule has 0 aliphatic carbocycles. The van der Waals surface area contributed by atoms with Crippen molar-refractivity contribution in [1.29, 1.82) is 0 Å². The summed E-state index contributed by atoms with van der Waals surface area (Å²) in [7, 11) is 0. The van der Waals surface area contributed by atoms with Gasteiger partial charge < -0.3 is 5.48 Å². The van der Waals surface area contributed by atoms with Crippen LogP contribution in [-0.2, 0) is 5.37 Å². The zero-order valence-electron chi connectivity index (χ0n) is 2.32. The average molecular weight is 395 g/mol. The zero-order chi connectivity index (χ0) is 2.71. The van der Waals surface area contributed by atoms with Crippen LogP contribution in [0.5, 0.6) is 0 Å². The van der Waals surface area contributed by atoms with E-state index in [9.17, 15) is 0 Å². The molecule has 0 saturated carbocycles. The molecule has 3 nitrogen and oxygen atoms in total. The first-order chi connectivity index (χ1) is 1.41. The van der Waals surface area contributed by atoms with Crippen molar-refractivity contribution in [3.63, 3.8) is 0 Å². The first-order valence-corrected chi connectivity index (χ1v) is 3.58. The third kappa shape index (κ3) is 39.8. The predicted octanol–water partition coefficient (Wildman–Crippen LogP) is -3.01. The molecule has 2 N–H and O–H groups in total. The summed E-state index contributed by atoms with van der Waals surface area (Å²) in [5.74, 6) is 0. The van der Waals surface area contributed by atoms with Crippen LogP contribution in [0.15, 0.2) is 0 Å². The Bertz CT molecular complexity index is 31.8. The van der Waals surface area contributed by atoms with Crippen molar-refractivity contribution in [2.45, 2.75) is 0 Å². The fourth-order valence-electron chi connectivity index (χ4n) is 0. The molecule has 0 spiro atoms. The Morgan fingerprint density at radius 3 is 1.17 bits per heavy atom. The van der Waals surface area contributed by atoms with Crippen LogP contribution in [0.1, 0.15) is 0 Å². The molecule has 0 rings (SSSR count). The standard InChI is InChI=1S/Li.H2O.2O.Pb.H2Te.H/h;1H2;;;;1H2;. The van der Waals surface area contributed by atoms with Crippen LogP contribution in [0.2, 0.25) is 0 Å². The normalized spacial score (nSPS) is 1.33. The Hall–Kier alpha value is 1.87. The van der Waals surface area contributed by atoms with Crippen LogP contribution in [0.3, 0.4) is 0 Å². The van der Waals surface area contributed by atoms with E-state index in [1.54, 1.807) is 0 Å². The molecule has 34 valence electrons. The summed E-state index contributed by atoms with van der Waals surface area (Å²) >= 11 is -2.42. The van der Waals surface area contributed by atoms with Gasteiger partial charge in [0.1, 0.15) is 0 Å². The molecule has 6 heavy (non-hydrogen) atoms. The maximum absolute atomic E-state index is 8.57. The summed E-state index contributed by atoms with van der Waals surface area (Å²) < 4.78 is 17.1. The molecule has 0 heterocycles. The van der Waals surface area contributed by atoms with E-state index in [4.69, 9.17) is 5.37 Å². The van der Waals surface area contributed by atoms with E-state index in [0.717, 1.165) is 0 Å². The molecule has 0 aromatic heterocycles. The predicted molar refractivity (Wildman–Crippen MR) is 26.4 cm³/mol. The molecule has 0 atom stereocenters. The second-order valence-electron chi connectivity index (χ2n) is 0.0833. The molecular formula is H5LiO3PbTe. The van der Waals surface area contributed by atoms with Crippen molar-refractivity contribution < 1.29 is 10.8 Å². The van der Waals surface area contributed by atoms with Gasteiger partial charge in [-0.25, -0.2) is 0 Å².